The fourth-order valence-electron chi connectivity index (χ4n) is 1.78. The molecule has 0 bridgehead atoms. The number of amides is 1. The van der Waals surface area contributed by atoms with E-state index in [1.165, 1.54) is 11.3 Å². The number of benzene rings is 1. The molecule has 2 aromatic rings. The molecule has 0 spiro atoms. The van der Waals surface area contributed by atoms with Crippen LogP contribution in [0, 0.1) is 0 Å². The van der Waals surface area contributed by atoms with Crippen molar-refractivity contribution in [1.29, 1.82) is 0 Å². The Morgan fingerprint density at radius 3 is 2.71 bits per heavy atom. The summed E-state index contributed by atoms with van der Waals surface area (Å²) in [4.78, 5) is 16.4. The molecule has 1 aromatic carbocycles. The van der Waals surface area contributed by atoms with Gasteiger partial charge in [0, 0.05) is 11.4 Å². The number of thiazole rings is 1. The Bertz CT molecular complexity index is 595. The Balaban J connectivity index is 1.93. The van der Waals surface area contributed by atoms with Crippen LogP contribution < -0.4 is 15.4 Å². The summed E-state index contributed by atoms with van der Waals surface area (Å²) < 4.78 is 5.09. The van der Waals surface area contributed by atoms with Crippen LogP contribution in [0.2, 0.25) is 0 Å². The molecule has 0 aliphatic heterocycles. The molecule has 5 nitrogen and oxygen atoms in total. The van der Waals surface area contributed by atoms with Crippen LogP contribution in [0.5, 0.6) is 5.75 Å². The van der Waals surface area contributed by atoms with Crippen molar-refractivity contribution in [3.63, 3.8) is 0 Å². The third-order valence-corrected chi connectivity index (χ3v) is 3.94. The van der Waals surface area contributed by atoms with E-state index in [-0.39, 0.29) is 11.9 Å². The van der Waals surface area contributed by atoms with Crippen molar-refractivity contribution in [3.8, 4) is 5.75 Å². The highest BCUT2D eigenvalue weighted by atomic mass is 32.1. The molecule has 1 amide bonds. The monoisotopic (exact) mass is 305 g/mol. The fraction of sp³-hybridized carbons (Fsp3) is 0.333. The van der Waals surface area contributed by atoms with Crippen molar-refractivity contribution >= 4 is 22.4 Å². The smallest absolute Gasteiger partial charge is 0.230 e. The van der Waals surface area contributed by atoms with Gasteiger partial charge in [0.05, 0.1) is 19.2 Å². The first kappa shape index (κ1) is 15.5. The van der Waals surface area contributed by atoms with Crippen molar-refractivity contribution in [2.24, 2.45) is 0 Å². The Morgan fingerprint density at radius 2 is 2.10 bits per heavy atom. The van der Waals surface area contributed by atoms with Gasteiger partial charge in [-0.25, -0.2) is 4.98 Å². The highest BCUT2D eigenvalue weighted by molar-refractivity contribution is 7.13. The van der Waals surface area contributed by atoms with Crippen LogP contribution in [-0.2, 0) is 11.2 Å². The van der Waals surface area contributed by atoms with Crippen molar-refractivity contribution in [1.82, 2.24) is 10.3 Å². The van der Waals surface area contributed by atoms with E-state index in [2.05, 4.69) is 15.6 Å². The summed E-state index contributed by atoms with van der Waals surface area (Å²) in [5, 5.41) is 8.52. The molecule has 1 heterocycles. The number of hydrogen-bond donors (Lipinski definition) is 2. The summed E-state index contributed by atoms with van der Waals surface area (Å²) >= 11 is 1.44. The predicted octanol–water partition coefficient (Wildman–Crippen LogP) is 2.61. The first-order valence-corrected chi connectivity index (χ1v) is 7.56. The van der Waals surface area contributed by atoms with Crippen LogP contribution >= 0.6 is 11.3 Å². The molecular weight excluding hydrogens is 286 g/mol. The molecule has 2 N–H and O–H groups in total. The Morgan fingerprint density at radius 1 is 1.38 bits per heavy atom. The average molecular weight is 305 g/mol. The topological polar surface area (TPSA) is 63.2 Å². The van der Waals surface area contributed by atoms with Crippen LogP contribution in [-0.4, -0.2) is 25.0 Å². The summed E-state index contributed by atoms with van der Waals surface area (Å²) in [6.45, 7) is 2.03. The first-order chi connectivity index (χ1) is 10.1. The third-order valence-electron chi connectivity index (χ3n) is 3.17. The minimum atomic E-state index is -0.0711. The number of carbonyl (C=O) groups excluding carboxylic acids is 1. The van der Waals surface area contributed by atoms with Gasteiger partial charge in [-0.2, -0.15) is 0 Å². The quantitative estimate of drug-likeness (QED) is 0.861. The van der Waals surface area contributed by atoms with Crippen LogP contribution in [0.15, 0.2) is 29.6 Å². The second kappa shape index (κ2) is 7.19. The van der Waals surface area contributed by atoms with Gasteiger partial charge < -0.3 is 15.4 Å². The van der Waals surface area contributed by atoms with Gasteiger partial charge in [0.25, 0.3) is 0 Å². The zero-order valence-electron chi connectivity index (χ0n) is 12.3. The number of ether oxygens (including phenoxy) is 1. The number of nitrogens with one attached hydrogen (secondary N) is 2. The number of aromatic nitrogens is 1. The molecule has 0 aliphatic carbocycles. The minimum absolute atomic E-state index is 0.0711. The molecule has 21 heavy (non-hydrogen) atoms. The normalized spacial score (nSPS) is 12.0. The summed E-state index contributed by atoms with van der Waals surface area (Å²) in [5.41, 5.74) is 1.87. The van der Waals surface area contributed by atoms with Gasteiger partial charge in [0.1, 0.15) is 5.75 Å². The van der Waals surface area contributed by atoms with Crippen LogP contribution in [0.25, 0.3) is 0 Å². The largest absolute Gasteiger partial charge is 0.497 e. The molecule has 0 radical (unpaired) electrons. The second-order valence-corrected chi connectivity index (χ2v) is 5.52. The number of rotatable bonds is 6. The second-order valence-electron chi connectivity index (χ2n) is 4.66. The summed E-state index contributed by atoms with van der Waals surface area (Å²) in [5.74, 6) is 0.711. The average Bonchev–Trinajstić information content (AvgIpc) is 2.95. The van der Waals surface area contributed by atoms with Crippen LogP contribution in [0.3, 0.4) is 0 Å². The highest BCUT2D eigenvalue weighted by Gasteiger charge is 2.10. The summed E-state index contributed by atoms with van der Waals surface area (Å²) in [6, 6.07) is 7.63. The maximum atomic E-state index is 12.0. The standard InChI is InChI=1S/C15H19N3O2S/c1-10(16-2)13-9-21-15(17-13)18-14(19)8-11-4-6-12(20-3)7-5-11/h4-7,9-10,16H,8H2,1-3H3,(H,17,18,19). The molecule has 1 aromatic heterocycles. The van der Waals surface area contributed by atoms with E-state index in [1.807, 2.05) is 43.6 Å². The minimum Gasteiger partial charge on any atom is -0.497 e. The Labute approximate surface area is 128 Å². The number of nitrogens with zero attached hydrogens (tertiary/aromatic N) is 1. The van der Waals surface area contributed by atoms with E-state index in [0.717, 1.165) is 17.0 Å². The highest BCUT2D eigenvalue weighted by Crippen LogP contribution is 2.20. The number of carbonyl (C=O) groups is 1. The van der Waals surface area contributed by atoms with E-state index < -0.39 is 0 Å². The maximum Gasteiger partial charge on any atom is 0.230 e. The van der Waals surface area contributed by atoms with Crippen molar-refractivity contribution in [2.75, 3.05) is 19.5 Å². The zero-order valence-corrected chi connectivity index (χ0v) is 13.2. The number of methoxy groups -OCH3 is 1. The van der Waals surface area contributed by atoms with E-state index in [4.69, 9.17) is 4.74 Å². The molecular formula is C15H19N3O2S. The van der Waals surface area contributed by atoms with E-state index in [1.54, 1.807) is 7.11 Å². The summed E-state index contributed by atoms with van der Waals surface area (Å²) in [7, 11) is 3.50. The molecule has 112 valence electrons. The number of hydrogen-bond acceptors (Lipinski definition) is 5. The van der Waals surface area contributed by atoms with Crippen LogP contribution in [0.1, 0.15) is 24.2 Å². The zero-order chi connectivity index (χ0) is 15.2. The lowest BCUT2D eigenvalue weighted by atomic mass is 10.1. The Kier molecular flexibility index (Phi) is 5.30. The molecule has 6 heteroatoms. The lowest BCUT2D eigenvalue weighted by Crippen LogP contribution is -2.15. The molecule has 2 rings (SSSR count). The van der Waals surface area contributed by atoms with Crippen molar-refractivity contribution < 1.29 is 9.53 Å². The van der Waals surface area contributed by atoms with Gasteiger partial charge in [0.2, 0.25) is 5.91 Å². The summed E-state index contributed by atoms with van der Waals surface area (Å²) in [6.07, 6.45) is 0.320. The van der Waals surface area contributed by atoms with Gasteiger partial charge >= 0.3 is 0 Å². The molecule has 0 aliphatic rings. The molecule has 0 saturated heterocycles. The lowest BCUT2D eigenvalue weighted by molar-refractivity contribution is -0.115. The van der Waals surface area contributed by atoms with Crippen molar-refractivity contribution in [2.45, 2.75) is 19.4 Å². The van der Waals surface area contributed by atoms with Crippen molar-refractivity contribution in [3.05, 3.63) is 40.9 Å². The molecule has 1 unspecified atom stereocenters. The lowest BCUT2D eigenvalue weighted by Gasteiger charge is -2.05. The van der Waals surface area contributed by atoms with Gasteiger partial charge in [-0.3, -0.25) is 4.79 Å². The molecule has 0 fully saturated rings. The van der Waals surface area contributed by atoms with E-state index >= 15 is 0 Å². The van der Waals surface area contributed by atoms with E-state index in [9.17, 15) is 4.79 Å². The van der Waals surface area contributed by atoms with E-state index in [0.29, 0.717) is 11.6 Å². The van der Waals surface area contributed by atoms with Gasteiger partial charge in [0.15, 0.2) is 5.13 Å². The first-order valence-electron chi connectivity index (χ1n) is 6.68. The van der Waals surface area contributed by atoms with Crippen LogP contribution in [0.4, 0.5) is 5.13 Å². The maximum absolute atomic E-state index is 12.0. The SMILES string of the molecule is CNC(C)c1csc(NC(=O)Cc2ccc(OC)cc2)n1. The fourth-order valence-corrected chi connectivity index (χ4v) is 2.60. The molecule has 1 atom stereocenters. The van der Waals surface area contributed by atoms with Gasteiger partial charge in [-0.15, -0.1) is 11.3 Å². The van der Waals surface area contributed by atoms with Gasteiger partial charge in [-0.05, 0) is 31.7 Å². The third kappa shape index (κ3) is 4.27. The predicted molar refractivity (Wildman–Crippen MR) is 84.9 cm³/mol. The van der Waals surface area contributed by atoms with Gasteiger partial charge in [-0.1, -0.05) is 12.1 Å². The number of anilines is 1. The Hall–Kier alpha value is -1.92. The molecule has 0 saturated carbocycles.